The highest BCUT2D eigenvalue weighted by Crippen LogP contribution is 2.47. The number of rotatable bonds is 1. The van der Waals surface area contributed by atoms with Crippen LogP contribution in [0.5, 0.6) is 0 Å². The minimum absolute atomic E-state index is 0.0430. The smallest absolute Gasteiger partial charge is 0.194 e. The number of carbonyl (C=O) groups excluding carboxylic acids is 1. The lowest BCUT2D eigenvalue weighted by Gasteiger charge is -2.34. The van der Waals surface area contributed by atoms with E-state index in [4.69, 9.17) is 0 Å². The standard InChI is InChI=1S/C18H16N2OS/c1-12-6-8-13(9-7-12)15-10-19-20-18(15)11-22-16-5-3-2-4-14(16)17(18)21/h2-9,15H,10-11H2,1H3. The molecule has 0 bridgehead atoms. The van der Waals surface area contributed by atoms with Crippen molar-refractivity contribution in [3.8, 4) is 0 Å². The van der Waals surface area contributed by atoms with E-state index in [2.05, 4.69) is 41.4 Å². The van der Waals surface area contributed by atoms with Gasteiger partial charge in [0.1, 0.15) is 0 Å². The molecule has 3 nitrogen and oxygen atoms in total. The fraction of sp³-hybridized carbons (Fsp3) is 0.278. The van der Waals surface area contributed by atoms with Crippen molar-refractivity contribution < 1.29 is 4.79 Å². The van der Waals surface area contributed by atoms with Crippen molar-refractivity contribution >= 4 is 17.5 Å². The molecule has 2 aromatic carbocycles. The van der Waals surface area contributed by atoms with E-state index < -0.39 is 5.54 Å². The summed E-state index contributed by atoms with van der Waals surface area (Å²) in [5.74, 6) is 0.834. The van der Waals surface area contributed by atoms with Gasteiger partial charge < -0.3 is 0 Å². The highest BCUT2D eigenvalue weighted by atomic mass is 32.2. The molecule has 4 heteroatoms. The predicted octanol–water partition coefficient (Wildman–Crippen LogP) is 4.27. The summed E-state index contributed by atoms with van der Waals surface area (Å²) in [6.07, 6.45) is 0. The molecule has 2 atom stereocenters. The Morgan fingerprint density at radius 1 is 1.14 bits per heavy atom. The number of nitrogens with zero attached hydrogens (tertiary/aromatic N) is 2. The van der Waals surface area contributed by atoms with Gasteiger partial charge in [-0.05, 0) is 18.6 Å². The molecule has 0 saturated heterocycles. The number of thioether (sulfide) groups is 1. The number of aryl methyl sites for hydroxylation is 1. The van der Waals surface area contributed by atoms with Crippen LogP contribution in [0.15, 0.2) is 63.7 Å². The molecule has 0 saturated carbocycles. The van der Waals surface area contributed by atoms with E-state index in [0.717, 1.165) is 16.0 Å². The molecule has 2 aromatic rings. The van der Waals surface area contributed by atoms with Crippen molar-refractivity contribution in [1.82, 2.24) is 0 Å². The van der Waals surface area contributed by atoms with E-state index in [0.29, 0.717) is 12.3 Å². The molecule has 22 heavy (non-hydrogen) atoms. The maximum absolute atomic E-state index is 13.1. The second-order valence-corrected chi connectivity index (χ2v) is 6.94. The molecule has 0 aliphatic carbocycles. The summed E-state index contributed by atoms with van der Waals surface area (Å²) in [6.45, 7) is 2.67. The van der Waals surface area contributed by atoms with Crippen LogP contribution in [0, 0.1) is 6.92 Å². The number of carbonyl (C=O) groups is 1. The lowest BCUT2D eigenvalue weighted by molar-refractivity contribution is 0.0888. The third kappa shape index (κ3) is 1.94. The lowest BCUT2D eigenvalue weighted by Crippen LogP contribution is -2.46. The van der Waals surface area contributed by atoms with Crippen molar-refractivity contribution in [2.75, 3.05) is 12.3 Å². The number of azo groups is 1. The lowest BCUT2D eigenvalue weighted by atomic mass is 9.76. The number of hydrogen-bond donors (Lipinski definition) is 0. The van der Waals surface area contributed by atoms with Gasteiger partial charge in [0.2, 0.25) is 0 Å². The summed E-state index contributed by atoms with van der Waals surface area (Å²) in [5, 5.41) is 8.70. The number of ketones is 1. The number of Topliss-reactive ketones (excluding diaryl/α,β-unsaturated/α-hetero) is 1. The van der Waals surface area contributed by atoms with Crippen LogP contribution < -0.4 is 0 Å². The SMILES string of the molecule is Cc1ccc(C2CN=NC23CSc2ccccc2C3=O)cc1. The van der Waals surface area contributed by atoms with Crippen LogP contribution in [-0.4, -0.2) is 23.6 Å². The highest BCUT2D eigenvalue weighted by molar-refractivity contribution is 7.99. The highest BCUT2D eigenvalue weighted by Gasteiger charge is 2.52. The van der Waals surface area contributed by atoms with Crippen molar-refractivity contribution in [2.45, 2.75) is 23.3 Å². The first kappa shape index (κ1) is 13.7. The largest absolute Gasteiger partial charge is 0.291 e. The summed E-state index contributed by atoms with van der Waals surface area (Å²) >= 11 is 1.72. The molecule has 2 aliphatic heterocycles. The van der Waals surface area contributed by atoms with Gasteiger partial charge in [-0.3, -0.25) is 4.79 Å². The third-order valence-electron chi connectivity index (χ3n) is 4.54. The van der Waals surface area contributed by atoms with Crippen LogP contribution in [0.4, 0.5) is 0 Å². The molecule has 4 rings (SSSR count). The zero-order valence-corrected chi connectivity index (χ0v) is 13.1. The van der Waals surface area contributed by atoms with Gasteiger partial charge in [-0.15, -0.1) is 11.8 Å². The molecule has 0 fully saturated rings. The average molecular weight is 308 g/mol. The Morgan fingerprint density at radius 3 is 2.73 bits per heavy atom. The Morgan fingerprint density at radius 2 is 1.91 bits per heavy atom. The number of hydrogen-bond acceptors (Lipinski definition) is 4. The van der Waals surface area contributed by atoms with Gasteiger partial charge in [0.25, 0.3) is 0 Å². The quantitative estimate of drug-likeness (QED) is 0.789. The summed E-state index contributed by atoms with van der Waals surface area (Å²) in [4.78, 5) is 14.2. The molecule has 2 heterocycles. The van der Waals surface area contributed by atoms with Gasteiger partial charge in [0, 0.05) is 22.1 Å². The van der Waals surface area contributed by atoms with Crippen molar-refractivity contribution in [3.05, 3.63) is 65.2 Å². The van der Waals surface area contributed by atoms with Crippen molar-refractivity contribution in [1.29, 1.82) is 0 Å². The van der Waals surface area contributed by atoms with E-state index in [1.165, 1.54) is 5.56 Å². The summed E-state index contributed by atoms with van der Waals surface area (Å²) < 4.78 is 0. The van der Waals surface area contributed by atoms with Gasteiger partial charge in [0.15, 0.2) is 11.3 Å². The molecular formula is C18H16N2OS. The normalized spacial score (nSPS) is 26.4. The molecule has 2 aliphatic rings. The van der Waals surface area contributed by atoms with Gasteiger partial charge in [-0.1, -0.05) is 48.0 Å². The van der Waals surface area contributed by atoms with Crippen molar-refractivity contribution in [2.24, 2.45) is 10.2 Å². The maximum atomic E-state index is 13.1. The van der Waals surface area contributed by atoms with E-state index in [-0.39, 0.29) is 11.7 Å². The Hall–Kier alpha value is -1.94. The minimum atomic E-state index is -0.728. The first-order chi connectivity index (χ1) is 10.7. The maximum Gasteiger partial charge on any atom is 0.194 e. The molecule has 2 unspecified atom stereocenters. The van der Waals surface area contributed by atoms with Crippen LogP contribution in [0.3, 0.4) is 0 Å². The first-order valence-electron chi connectivity index (χ1n) is 7.42. The van der Waals surface area contributed by atoms with Crippen LogP contribution in [0.2, 0.25) is 0 Å². The van der Waals surface area contributed by atoms with Crippen LogP contribution in [0.25, 0.3) is 0 Å². The number of fused-ring (bicyclic) bond motifs is 1. The fourth-order valence-corrected chi connectivity index (χ4v) is 4.51. The summed E-state index contributed by atoms with van der Waals surface area (Å²) in [5.41, 5.74) is 2.44. The monoisotopic (exact) mass is 308 g/mol. The second-order valence-electron chi connectivity index (χ2n) is 5.93. The van der Waals surface area contributed by atoms with Crippen LogP contribution >= 0.6 is 11.8 Å². The molecule has 110 valence electrons. The van der Waals surface area contributed by atoms with E-state index in [1.807, 2.05) is 24.3 Å². The Labute approximate surface area is 133 Å². The summed E-state index contributed by atoms with van der Waals surface area (Å²) in [6, 6.07) is 16.2. The third-order valence-corrected chi connectivity index (χ3v) is 5.79. The predicted molar refractivity (Wildman–Crippen MR) is 87.9 cm³/mol. The number of benzene rings is 2. The zero-order chi connectivity index (χ0) is 15.2. The molecular weight excluding hydrogens is 292 g/mol. The van der Waals surface area contributed by atoms with E-state index in [1.54, 1.807) is 11.8 Å². The Bertz CT molecular complexity index is 769. The van der Waals surface area contributed by atoms with Crippen LogP contribution in [-0.2, 0) is 0 Å². The average Bonchev–Trinajstić information content (AvgIpc) is 2.97. The van der Waals surface area contributed by atoms with Gasteiger partial charge in [-0.2, -0.15) is 10.2 Å². The van der Waals surface area contributed by atoms with Crippen molar-refractivity contribution in [3.63, 3.8) is 0 Å². The summed E-state index contributed by atoms with van der Waals surface area (Å²) in [7, 11) is 0. The molecule has 0 aromatic heterocycles. The topological polar surface area (TPSA) is 41.8 Å². The second kappa shape index (κ2) is 5.06. The van der Waals surface area contributed by atoms with Gasteiger partial charge in [0.05, 0.1) is 6.54 Å². The molecule has 1 spiro atoms. The zero-order valence-electron chi connectivity index (χ0n) is 12.3. The van der Waals surface area contributed by atoms with E-state index >= 15 is 0 Å². The first-order valence-corrected chi connectivity index (χ1v) is 8.41. The van der Waals surface area contributed by atoms with Crippen LogP contribution in [0.1, 0.15) is 27.4 Å². The van der Waals surface area contributed by atoms with E-state index in [9.17, 15) is 4.79 Å². The Balaban J connectivity index is 1.78. The Kier molecular flexibility index (Phi) is 3.15. The van der Waals surface area contributed by atoms with Gasteiger partial charge >= 0.3 is 0 Å². The molecule has 0 radical (unpaired) electrons. The molecule has 0 N–H and O–H groups in total. The minimum Gasteiger partial charge on any atom is -0.291 e. The molecule has 0 amide bonds. The fourth-order valence-electron chi connectivity index (χ4n) is 3.25. The van der Waals surface area contributed by atoms with Gasteiger partial charge in [-0.25, -0.2) is 0 Å².